The number of nitrogen functional groups attached to an aromatic ring is 1. The zero-order valence-corrected chi connectivity index (χ0v) is 14.5. The van der Waals surface area contributed by atoms with Crippen LogP contribution in [0.25, 0.3) is 11.1 Å². The van der Waals surface area contributed by atoms with Gasteiger partial charge in [-0.3, -0.25) is 0 Å². The maximum Gasteiger partial charge on any atom is 0.253 e. The van der Waals surface area contributed by atoms with Gasteiger partial charge in [0.2, 0.25) is 0 Å². The predicted molar refractivity (Wildman–Crippen MR) is 95.7 cm³/mol. The molecule has 2 aromatic carbocycles. The second-order valence-corrected chi connectivity index (χ2v) is 7.66. The van der Waals surface area contributed by atoms with E-state index in [1.807, 2.05) is 31.3 Å². The van der Waals surface area contributed by atoms with Crippen molar-refractivity contribution in [1.82, 2.24) is 14.7 Å². The summed E-state index contributed by atoms with van der Waals surface area (Å²) in [4.78, 5) is 5.08. The lowest BCUT2D eigenvalue weighted by Gasteiger charge is -2.32. The first kappa shape index (κ1) is 16.9. The minimum Gasteiger partial charge on any atom is -0.398 e. The maximum atomic E-state index is 12.5. The molecule has 2 aromatic rings. The number of para-hydroxylation sites is 1. The van der Waals surface area contributed by atoms with E-state index in [1.54, 1.807) is 29.3 Å². The predicted octanol–water partition coefficient (Wildman–Crippen LogP) is 1.38. The molecule has 0 atom stereocenters. The molecular formula is C17H22N4O2S. The summed E-state index contributed by atoms with van der Waals surface area (Å²) in [5.74, 6) is 0. The van der Waals surface area contributed by atoms with Gasteiger partial charge in [-0.1, -0.05) is 30.3 Å². The molecule has 24 heavy (non-hydrogen) atoms. The van der Waals surface area contributed by atoms with Gasteiger partial charge in [0.15, 0.2) is 0 Å². The summed E-state index contributed by atoms with van der Waals surface area (Å²) in [6, 6.07) is 14.3. The Hall–Kier alpha value is -1.93. The second kappa shape index (κ2) is 6.90. The molecule has 1 aliphatic rings. The van der Waals surface area contributed by atoms with E-state index < -0.39 is 10.0 Å². The van der Waals surface area contributed by atoms with Gasteiger partial charge >= 0.3 is 0 Å². The lowest BCUT2D eigenvalue weighted by atomic mass is 10.0. The molecule has 3 rings (SSSR count). The molecule has 1 aliphatic heterocycles. The number of benzene rings is 2. The van der Waals surface area contributed by atoms with Crippen LogP contribution in [0.15, 0.2) is 53.4 Å². The standard InChI is InChI=1S/C17H22N4O2S/c1-20-10-12-21(13-11-20)19-24(22,23)15-8-6-14(7-9-15)16-4-2-3-5-17(16)18/h2-9,19H,10-13,18H2,1H3. The zero-order chi connectivity index (χ0) is 17.2. The lowest BCUT2D eigenvalue weighted by Crippen LogP contribution is -2.52. The Kier molecular flexibility index (Phi) is 4.86. The number of nitrogens with two attached hydrogens (primary N) is 1. The van der Waals surface area contributed by atoms with Crippen LogP contribution >= 0.6 is 0 Å². The van der Waals surface area contributed by atoms with Gasteiger partial charge in [0, 0.05) is 37.4 Å². The van der Waals surface area contributed by atoms with E-state index in [2.05, 4.69) is 9.73 Å². The normalized spacial score (nSPS) is 17.0. The molecule has 0 saturated carbocycles. The summed E-state index contributed by atoms with van der Waals surface area (Å²) in [6.45, 7) is 3.03. The summed E-state index contributed by atoms with van der Waals surface area (Å²) >= 11 is 0. The molecule has 128 valence electrons. The fourth-order valence-corrected chi connectivity index (χ4v) is 3.82. The highest BCUT2D eigenvalue weighted by molar-refractivity contribution is 7.89. The highest BCUT2D eigenvalue weighted by Crippen LogP contribution is 2.26. The summed E-state index contributed by atoms with van der Waals surface area (Å²) in [5.41, 5.74) is 8.43. The third kappa shape index (κ3) is 3.76. The Morgan fingerprint density at radius 2 is 1.58 bits per heavy atom. The van der Waals surface area contributed by atoms with Gasteiger partial charge in [-0.15, -0.1) is 4.83 Å². The van der Waals surface area contributed by atoms with Gasteiger partial charge in [0.1, 0.15) is 0 Å². The van der Waals surface area contributed by atoms with Gasteiger partial charge in [0.05, 0.1) is 4.90 Å². The number of rotatable bonds is 4. The van der Waals surface area contributed by atoms with Gasteiger partial charge in [-0.25, -0.2) is 13.4 Å². The smallest absolute Gasteiger partial charge is 0.253 e. The number of hydrogen-bond donors (Lipinski definition) is 2. The van der Waals surface area contributed by atoms with Crippen molar-refractivity contribution < 1.29 is 8.42 Å². The Morgan fingerprint density at radius 1 is 0.958 bits per heavy atom. The molecule has 0 spiro atoms. The number of anilines is 1. The van der Waals surface area contributed by atoms with Crippen LogP contribution in [0.1, 0.15) is 0 Å². The highest BCUT2D eigenvalue weighted by atomic mass is 32.2. The van der Waals surface area contributed by atoms with Gasteiger partial charge in [-0.05, 0) is 30.8 Å². The van der Waals surface area contributed by atoms with Gasteiger partial charge in [0.25, 0.3) is 10.0 Å². The Balaban J connectivity index is 1.76. The third-order valence-electron chi connectivity index (χ3n) is 4.19. The van der Waals surface area contributed by atoms with Crippen LogP contribution in [0.3, 0.4) is 0 Å². The largest absolute Gasteiger partial charge is 0.398 e. The first-order valence-corrected chi connectivity index (χ1v) is 9.35. The van der Waals surface area contributed by atoms with E-state index in [9.17, 15) is 8.42 Å². The van der Waals surface area contributed by atoms with E-state index in [0.29, 0.717) is 18.8 Å². The Labute approximate surface area is 142 Å². The molecular weight excluding hydrogens is 324 g/mol. The molecule has 1 saturated heterocycles. The molecule has 1 heterocycles. The minimum atomic E-state index is -3.56. The van der Waals surface area contributed by atoms with Crippen LogP contribution < -0.4 is 10.6 Å². The average molecular weight is 346 g/mol. The van der Waals surface area contributed by atoms with Gasteiger partial charge in [-0.2, -0.15) is 0 Å². The van der Waals surface area contributed by atoms with Crippen LogP contribution in [0.2, 0.25) is 0 Å². The molecule has 1 fully saturated rings. The van der Waals surface area contributed by atoms with E-state index in [-0.39, 0.29) is 4.90 Å². The number of piperazine rings is 1. The average Bonchev–Trinajstić information content (AvgIpc) is 2.57. The van der Waals surface area contributed by atoms with Crippen molar-refractivity contribution in [3.8, 4) is 11.1 Å². The van der Waals surface area contributed by atoms with Gasteiger partial charge < -0.3 is 10.6 Å². The third-order valence-corrected chi connectivity index (χ3v) is 5.58. The molecule has 0 bridgehead atoms. The molecule has 0 amide bonds. The maximum absolute atomic E-state index is 12.5. The van der Waals surface area contributed by atoms with Crippen molar-refractivity contribution in [2.24, 2.45) is 0 Å². The monoisotopic (exact) mass is 346 g/mol. The van der Waals surface area contributed by atoms with Crippen molar-refractivity contribution in [2.45, 2.75) is 4.90 Å². The van der Waals surface area contributed by atoms with Crippen LogP contribution in [0.4, 0.5) is 5.69 Å². The molecule has 0 aliphatic carbocycles. The van der Waals surface area contributed by atoms with E-state index >= 15 is 0 Å². The molecule has 3 N–H and O–H groups in total. The van der Waals surface area contributed by atoms with E-state index in [4.69, 9.17) is 5.73 Å². The van der Waals surface area contributed by atoms with E-state index in [1.165, 1.54) is 0 Å². The fraction of sp³-hybridized carbons (Fsp3) is 0.294. The number of nitrogens with one attached hydrogen (secondary N) is 1. The molecule has 6 nitrogen and oxygen atoms in total. The van der Waals surface area contributed by atoms with Crippen molar-refractivity contribution >= 4 is 15.7 Å². The second-order valence-electron chi connectivity index (χ2n) is 6.00. The number of likely N-dealkylation sites (N-methyl/N-ethyl adjacent to an activating group) is 1. The van der Waals surface area contributed by atoms with Crippen LogP contribution in [-0.2, 0) is 10.0 Å². The Morgan fingerprint density at radius 3 is 2.21 bits per heavy atom. The first-order valence-electron chi connectivity index (χ1n) is 7.86. The summed E-state index contributed by atoms with van der Waals surface area (Å²) in [7, 11) is -1.53. The summed E-state index contributed by atoms with van der Waals surface area (Å²) in [5, 5.41) is 1.75. The van der Waals surface area contributed by atoms with E-state index in [0.717, 1.165) is 24.2 Å². The van der Waals surface area contributed by atoms with Crippen molar-refractivity contribution in [2.75, 3.05) is 39.0 Å². The lowest BCUT2D eigenvalue weighted by molar-refractivity contribution is 0.135. The molecule has 0 unspecified atom stereocenters. The number of nitrogens with zero attached hydrogens (tertiary/aromatic N) is 2. The fourth-order valence-electron chi connectivity index (χ4n) is 2.69. The first-order chi connectivity index (χ1) is 11.5. The van der Waals surface area contributed by atoms with Crippen LogP contribution in [0.5, 0.6) is 0 Å². The zero-order valence-electron chi connectivity index (χ0n) is 13.6. The number of hydrazine groups is 1. The quantitative estimate of drug-likeness (QED) is 0.818. The summed E-state index contributed by atoms with van der Waals surface area (Å²) in [6.07, 6.45) is 0. The summed E-state index contributed by atoms with van der Waals surface area (Å²) < 4.78 is 25.0. The van der Waals surface area contributed by atoms with Crippen LogP contribution in [0, 0.1) is 0 Å². The highest BCUT2D eigenvalue weighted by Gasteiger charge is 2.21. The SMILES string of the molecule is CN1CCN(NS(=O)(=O)c2ccc(-c3ccccc3N)cc2)CC1. The molecule has 7 heteroatoms. The topological polar surface area (TPSA) is 78.7 Å². The molecule has 0 aromatic heterocycles. The minimum absolute atomic E-state index is 0.250. The number of sulfonamides is 1. The van der Waals surface area contributed by atoms with Crippen molar-refractivity contribution in [3.63, 3.8) is 0 Å². The Bertz CT molecular complexity index is 798. The van der Waals surface area contributed by atoms with Crippen molar-refractivity contribution in [3.05, 3.63) is 48.5 Å². The van der Waals surface area contributed by atoms with Crippen molar-refractivity contribution in [1.29, 1.82) is 0 Å². The number of hydrogen-bond acceptors (Lipinski definition) is 5. The molecule has 0 radical (unpaired) electrons. The van der Waals surface area contributed by atoms with Crippen LogP contribution in [-0.4, -0.2) is 51.6 Å².